The summed E-state index contributed by atoms with van der Waals surface area (Å²) >= 11 is 18.9. The number of carbonyl (C=O) groups is 1. The number of hydrogen-bond donors (Lipinski definition) is 0. The van der Waals surface area contributed by atoms with Crippen LogP contribution < -0.4 is 0 Å². The first-order chi connectivity index (χ1) is 26.5. The van der Waals surface area contributed by atoms with Crippen molar-refractivity contribution in [3.8, 4) is 40.2 Å². The first-order valence-electron chi connectivity index (χ1n) is 18.1. The second kappa shape index (κ2) is 19.5. The van der Waals surface area contributed by atoms with Gasteiger partial charge in [-0.25, -0.2) is 15.0 Å². The van der Waals surface area contributed by atoms with E-state index in [0.717, 1.165) is 40.1 Å². The first-order valence-corrected chi connectivity index (χ1v) is 21.7. The minimum atomic E-state index is -0.452. The number of nitrogens with zero attached hydrogens (tertiary/aromatic N) is 4. The van der Waals surface area contributed by atoms with Crippen molar-refractivity contribution in [1.82, 2.24) is 15.0 Å². The number of aromatic nitrogens is 3. The molecule has 0 spiro atoms. The van der Waals surface area contributed by atoms with E-state index in [9.17, 15) is 4.79 Å². The van der Waals surface area contributed by atoms with Crippen LogP contribution in [0.3, 0.4) is 0 Å². The molecule has 0 N–H and O–H groups in total. The molecule has 10 heteroatoms. The zero-order valence-electron chi connectivity index (χ0n) is 33.5. The molecule has 0 aliphatic rings. The fraction of sp³-hybridized carbons (Fsp3) is 0.255. The van der Waals surface area contributed by atoms with E-state index < -0.39 is 5.24 Å². The minimum absolute atomic E-state index is 0.0886. The van der Waals surface area contributed by atoms with E-state index in [0.29, 0.717) is 23.0 Å². The molecule has 0 aliphatic heterocycles. The van der Waals surface area contributed by atoms with Crippen LogP contribution in [0.15, 0.2) is 127 Å². The summed E-state index contributed by atoms with van der Waals surface area (Å²) in [4.78, 5) is 25.3. The summed E-state index contributed by atoms with van der Waals surface area (Å²) < 4.78 is 3.58. The lowest BCUT2D eigenvalue weighted by Gasteiger charge is -2.19. The van der Waals surface area contributed by atoms with Gasteiger partial charge in [0.15, 0.2) is 17.5 Å². The van der Waals surface area contributed by atoms with E-state index in [-0.39, 0.29) is 16.2 Å². The zero-order chi connectivity index (χ0) is 42.3. The van der Waals surface area contributed by atoms with Crippen molar-refractivity contribution < 1.29 is 4.79 Å². The molecular formula is C47H45Br4ClN4O. The third kappa shape index (κ3) is 13.8. The Morgan fingerprint density at radius 2 is 0.789 bits per heavy atom. The van der Waals surface area contributed by atoms with Gasteiger partial charge >= 0.3 is 0 Å². The lowest BCUT2D eigenvalue weighted by atomic mass is 9.86. The lowest BCUT2D eigenvalue weighted by molar-refractivity contribution is 0.108. The molecule has 0 bridgehead atoms. The van der Waals surface area contributed by atoms with Gasteiger partial charge in [0.05, 0.1) is 11.6 Å². The van der Waals surface area contributed by atoms with Crippen LogP contribution in [0.4, 0.5) is 0 Å². The largest absolute Gasteiger partial charge is 0.276 e. The van der Waals surface area contributed by atoms with Crippen LogP contribution in [-0.2, 0) is 16.2 Å². The van der Waals surface area contributed by atoms with E-state index in [4.69, 9.17) is 31.8 Å². The van der Waals surface area contributed by atoms with Crippen molar-refractivity contribution in [2.24, 2.45) is 0 Å². The molecule has 0 saturated carbocycles. The highest BCUT2D eigenvalue weighted by molar-refractivity contribution is 9.11. The summed E-state index contributed by atoms with van der Waals surface area (Å²) in [6.45, 7) is 19.8. The quantitative estimate of drug-likeness (QED) is 0.164. The molecule has 1 aromatic heterocycles. The molecule has 0 amide bonds. The summed E-state index contributed by atoms with van der Waals surface area (Å²) in [5.74, 6) is 1.97. The Morgan fingerprint density at radius 3 is 1.09 bits per heavy atom. The second-order valence-corrected chi connectivity index (χ2v) is 20.5. The highest BCUT2D eigenvalue weighted by atomic mass is 79.9. The normalized spacial score (nSPS) is 11.4. The van der Waals surface area contributed by atoms with Crippen molar-refractivity contribution in [3.05, 3.63) is 155 Å². The average Bonchev–Trinajstić information content (AvgIpc) is 3.13. The zero-order valence-corrected chi connectivity index (χ0v) is 40.6. The molecule has 6 rings (SSSR count). The SMILES string of the molecule is CC(C)(C)c1ccc(-c2nc(-c3ccc(C(C)(C)C)cc3)nc(-c3cc(Br)cc(Br)c3)n2)cc1.CC(C)(C)c1ccc(C#N)cc1.O=C(Cl)c1cc(Br)cc(Br)c1. The van der Waals surface area contributed by atoms with Crippen molar-refractivity contribution in [1.29, 1.82) is 5.26 Å². The van der Waals surface area contributed by atoms with Gasteiger partial charge in [-0.2, -0.15) is 5.26 Å². The summed E-state index contributed by atoms with van der Waals surface area (Å²) in [5, 5.41) is 8.13. The van der Waals surface area contributed by atoms with Crippen LogP contribution in [0.25, 0.3) is 34.2 Å². The Labute approximate surface area is 376 Å². The Bertz CT molecular complexity index is 2250. The summed E-state index contributed by atoms with van der Waals surface area (Å²) in [7, 11) is 0. The summed E-state index contributed by atoms with van der Waals surface area (Å²) in [6.07, 6.45) is 0. The van der Waals surface area contributed by atoms with Gasteiger partial charge in [0.25, 0.3) is 5.24 Å². The van der Waals surface area contributed by atoms with Crippen LogP contribution in [0.5, 0.6) is 0 Å². The van der Waals surface area contributed by atoms with Crippen LogP contribution >= 0.6 is 75.3 Å². The predicted molar refractivity (Wildman–Crippen MR) is 251 cm³/mol. The number of hydrogen-bond acceptors (Lipinski definition) is 5. The van der Waals surface area contributed by atoms with Gasteiger partial charge < -0.3 is 0 Å². The molecule has 0 unspecified atom stereocenters. The smallest absolute Gasteiger partial charge is 0.252 e. The fourth-order valence-corrected chi connectivity index (χ4v) is 8.09. The van der Waals surface area contributed by atoms with Gasteiger partial charge in [-0.15, -0.1) is 0 Å². The molecule has 5 aromatic carbocycles. The Morgan fingerprint density at radius 1 is 0.491 bits per heavy atom. The van der Waals surface area contributed by atoms with Crippen molar-refractivity contribution in [2.45, 2.75) is 78.6 Å². The fourth-order valence-electron chi connectivity index (χ4n) is 5.40. The molecule has 57 heavy (non-hydrogen) atoms. The van der Waals surface area contributed by atoms with Crippen LogP contribution in [0.2, 0.25) is 0 Å². The number of halogens is 5. The van der Waals surface area contributed by atoms with Gasteiger partial charge in [-0.3, -0.25) is 4.79 Å². The monoisotopic (exact) mass is 1030 g/mol. The van der Waals surface area contributed by atoms with Gasteiger partial charge in [0.2, 0.25) is 0 Å². The number of nitriles is 1. The lowest BCUT2D eigenvalue weighted by Crippen LogP contribution is -2.10. The van der Waals surface area contributed by atoms with E-state index >= 15 is 0 Å². The molecule has 0 aliphatic carbocycles. The Hall–Kier alpha value is -3.52. The summed E-state index contributed by atoms with van der Waals surface area (Å²) in [6, 6.07) is 38.1. The van der Waals surface area contributed by atoms with Crippen LogP contribution in [0.1, 0.15) is 94.9 Å². The maximum atomic E-state index is 10.7. The molecule has 0 radical (unpaired) electrons. The van der Waals surface area contributed by atoms with Crippen molar-refractivity contribution in [2.75, 3.05) is 0 Å². The second-order valence-electron chi connectivity index (χ2n) is 16.5. The molecule has 0 saturated heterocycles. The highest BCUT2D eigenvalue weighted by Gasteiger charge is 2.18. The number of rotatable bonds is 4. The first kappa shape index (κ1) is 46.2. The Balaban J connectivity index is 0.000000254. The van der Waals surface area contributed by atoms with E-state index in [1.165, 1.54) is 16.7 Å². The molecule has 0 fully saturated rings. The van der Waals surface area contributed by atoms with Crippen LogP contribution in [0, 0.1) is 11.3 Å². The third-order valence-electron chi connectivity index (χ3n) is 8.74. The van der Waals surface area contributed by atoms with Gasteiger partial charge in [-0.05, 0) is 93.1 Å². The number of carbonyl (C=O) groups excluding carboxylic acids is 1. The van der Waals surface area contributed by atoms with Gasteiger partial charge in [-0.1, -0.05) is 187 Å². The maximum Gasteiger partial charge on any atom is 0.252 e. The molecule has 294 valence electrons. The molecule has 5 nitrogen and oxygen atoms in total. The van der Waals surface area contributed by atoms with Gasteiger partial charge in [0, 0.05) is 40.1 Å². The van der Waals surface area contributed by atoms with E-state index in [2.05, 4.69) is 181 Å². The van der Waals surface area contributed by atoms with Crippen LogP contribution in [-0.4, -0.2) is 20.2 Å². The molecule has 1 heterocycles. The maximum absolute atomic E-state index is 10.7. The minimum Gasteiger partial charge on any atom is -0.276 e. The highest BCUT2D eigenvalue weighted by Crippen LogP contribution is 2.31. The topological polar surface area (TPSA) is 79.5 Å². The molecule has 0 atom stereocenters. The average molecular weight is 1040 g/mol. The molecule has 6 aromatic rings. The van der Waals surface area contributed by atoms with Gasteiger partial charge in [0.1, 0.15) is 0 Å². The predicted octanol–water partition coefficient (Wildman–Crippen LogP) is 15.4. The summed E-state index contributed by atoms with van der Waals surface area (Å²) in [5.41, 5.74) is 8.24. The standard InChI is InChI=1S/C29H29Br2N3.C11H13N.C7H3Br2ClO/c1-28(2,3)21-11-7-18(8-12-21)25-32-26(19-9-13-22(14-10-19)29(4,5)6)34-27(33-25)20-15-23(30)17-24(31)16-20;1-11(2,3)10-6-4-9(8-12)5-7-10;8-5-1-4(7(10)11)2-6(9)3-5/h7-17H,1-6H3;4-7H,1-3H3;1-3H. The number of benzene rings is 5. The van der Waals surface area contributed by atoms with Crippen molar-refractivity contribution >= 4 is 80.6 Å². The van der Waals surface area contributed by atoms with E-state index in [1.807, 2.05) is 48.5 Å². The third-order valence-corrected chi connectivity index (χ3v) is 10.8. The van der Waals surface area contributed by atoms with E-state index in [1.54, 1.807) is 12.1 Å². The molecular weight excluding hydrogens is 992 g/mol. The van der Waals surface area contributed by atoms with Crippen molar-refractivity contribution in [3.63, 3.8) is 0 Å². The Kier molecular flexibility index (Phi) is 15.8.